The summed E-state index contributed by atoms with van der Waals surface area (Å²) < 4.78 is 7.46. The van der Waals surface area contributed by atoms with Gasteiger partial charge in [-0.05, 0) is 12.1 Å². The average Bonchev–Trinajstić information content (AvgIpc) is 3.07. The molecular weight excluding hydrogens is 334 g/mol. The minimum Gasteiger partial charge on any atom is -0.396 e. The number of nitrogens with zero attached hydrogens (tertiary/aromatic N) is 4. The number of benzene rings is 1. The first-order valence-corrected chi connectivity index (χ1v) is 8.15. The summed E-state index contributed by atoms with van der Waals surface area (Å²) in [7, 11) is 0. The minimum atomic E-state index is -0.388. The van der Waals surface area contributed by atoms with E-state index >= 15 is 0 Å². The number of carbonyl (C=O) groups is 1. The van der Waals surface area contributed by atoms with E-state index < -0.39 is 0 Å². The zero-order valence-electron chi connectivity index (χ0n) is 13.8. The van der Waals surface area contributed by atoms with Crippen LogP contribution in [0.25, 0.3) is 11.2 Å². The molecule has 0 spiro atoms. The largest absolute Gasteiger partial charge is 0.396 e. The molecule has 26 heavy (non-hydrogen) atoms. The van der Waals surface area contributed by atoms with Crippen LogP contribution < -0.4 is 5.32 Å². The van der Waals surface area contributed by atoms with Gasteiger partial charge in [0.1, 0.15) is 12.6 Å². The second kappa shape index (κ2) is 6.66. The highest BCUT2D eigenvalue weighted by atomic mass is 16.5. The summed E-state index contributed by atoms with van der Waals surface area (Å²) in [6.07, 6.45) is 4.00. The third-order valence-corrected chi connectivity index (χ3v) is 4.43. The second-order valence-corrected chi connectivity index (χ2v) is 5.94. The molecule has 1 amide bonds. The number of hydrogen-bond acceptors (Lipinski definition) is 6. The second-order valence-electron chi connectivity index (χ2n) is 5.94. The summed E-state index contributed by atoms with van der Waals surface area (Å²) in [5.74, 6) is -0.0787. The van der Waals surface area contributed by atoms with E-state index in [2.05, 4.69) is 26.8 Å². The van der Waals surface area contributed by atoms with Crippen molar-refractivity contribution in [2.75, 3.05) is 11.9 Å². The van der Waals surface area contributed by atoms with Crippen LogP contribution in [-0.4, -0.2) is 43.2 Å². The van der Waals surface area contributed by atoms with Gasteiger partial charge < -0.3 is 15.2 Å². The molecule has 1 aromatic carbocycles. The van der Waals surface area contributed by atoms with Crippen LogP contribution in [0, 0.1) is 5.92 Å². The van der Waals surface area contributed by atoms with E-state index in [4.69, 9.17) is 4.74 Å². The SMILES string of the molecule is C=C[C@H]1O[C@@H](n2cnc3c(NC(=O)c4ccccc4)ncnc32)[C@@H]1CO. The monoisotopic (exact) mass is 351 g/mol. The third kappa shape index (κ3) is 2.65. The lowest BCUT2D eigenvalue weighted by Crippen LogP contribution is -2.46. The van der Waals surface area contributed by atoms with E-state index in [0.717, 1.165) is 0 Å². The molecule has 2 N–H and O–H groups in total. The fourth-order valence-electron chi connectivity index (χ4n) is 3.03. The van der Waals surface area contributed by atoms with Crippen molar-refractivity contribution in [3.63, 3.8) is 0 Å². The Morgan fingerprint density at radius 2 is 2.12 bits per heavy atom. The van der Waals surface area contributed by atoms with Crippen molar-refractivity contribution in [3.05, 3.63) is 61.2 Å². The molecule has 3 heterocycles. The molecule has 132 valence electrons. The first kappa shape index (κ1) is 16.4. The van der Waals surface area contributed by atoms with Crippen molar-refractivity contribution in [2.24, 2.45) is 5.92 Å². The molecule has 1 aliphatic heterocycles. The lowest BCUT2D eigenvalue weighted by atomic mass is 9.95. The molecule has 3 aromatic rings. The smallest absolute Gasteiger partial charge is 0.256 e. The van der Waals surface area contributed by atoms with Gasteiger partial charge in [0.15, 0.2) is 17.0 Å². The zero-order valence-corrected chi connectivity index (χ0v) is 13.8. The Morgan fingerprint density at radius 3 is 2.85 bits per heavy atom. The lowest BCUT2D eigenvalue weighted by Gasteiger charge is -2.42. The standard InChI is InChI=1S/C18H17N5O3/c1-2-13-12(8-24)18(26-13)23-10-21-14-15(19-9-20-16(14)23)22-17(25)11-6-4-3-5-7-11/h2-7,9-10,12-13,18,24H,1,8H2,(H,19,20,22,25)/t12-,13-,18-/m1/s1. The van der Waals surface area contributed by atoms with Crippen LogP contribution in [0.4, 0.5) is 5.82 Å². The number of rotatable bonds is 5. The number of hydrogen-bond donors (Lipinski definition) is 2. The van der Waals surface area contributed by atoms with Crippen LogP contribution in [0.5, 0.6) is 0 Å². The summed E-state index contributed by atoms with van der Waals surface area (Å²) >= 11 is 0. The van der Waals surface area contributed by atoms with Crippen LogP contribution in [0.15, 0.2) is 55.6 Å². The Bertz CT molecular complexity index is 956. The van der Waals surface area contributed by atoms with Crippen molar-refractivity contribution < 1.29 is 14.6 Å². The maximum absolute atomic E-state index is 12.4. The zero-order chi connectivity index (χ0) is 18.1. The molecule has 4 rings (SSSR count). The number of imidazole rings is 1. The average molecular weight is 351 g/mol. The summed E-state index contributed by atoms with van der Waals surface area (Å²) in [5.41, 5.74) is 1.50. The predicted molar refractivity (Wildman–Crippen MR) is 94.4 cm³/mol. The number of amides is 1. The van der Waals surface area contributed by atoms with Gasteiger partial charge in [0.05, 0.1) is 25.0 Å². The van der Waals surface area contributed by atoms with Crippen LogP contribution in [-0.2, 0) is 4.74 Å². The fourth-order valence-corrected chi connectivity index (χ4v) is 3.03. The topological polar surface area (TPSA) is 102 Å². The number of ether oxygens (including phenoxy) is 1. The van der Waals surface area contributed by atoms with Crippen molar-refractivity contribution in [1.82, 2.24) is 19.5 Å². The van der Waals surface area contributed by atoms with Crippen molar-refractivity contribution in [2.45, 2.75) is 12.3 Å². The van der Waals surface area contributed by atoms with Gasteiger partial charge in [-0.15, -0.1) is 6.58 Å². The van der Waals surface area contributed by atoms with Crippen LogP contribution in [0.1, 0.15) is 16.6 Å². The Balaban J connectivity index is 1.64. The molecule has 1 saturated heterocycles. The third-order valence-electron chi connectivity index (χ3n) is 4.43. The molecule has 0 radical (unpaired) electrons. The van der Waals surface area contributed by atoms with Gasteiger partial charge in [-0.3, -0.25) is 9.36 Å². The maximum atomic E-state index is 12.4. The number of aliphatic hydroxyl groups excluding tert-OH is 1. The van der Waals surface area contributed by atoms with Gasteiger partial charge in [-0.2, -0.15) is 0 Å². The van der Waals surface area contributed by atoms with Crippen LogP contribution in [0.2, 0.25) is 0 Å². The molecule has 0 saturated carbocycles. The molecule has 3 atom stereocenters. The Labute approximate surface area is 149 Å². The molecule has 8 heteroatoms. The lowest BCUT2D eigenvalue weighted by molar-refractivity contribution is -0.211. The van der Waals surface area contributed by atoms with Gasteiger partial charge in [0.25, 0.3) is 5.91 Å². The van der Waals surface area contributed by atoms with Crippen molar-refractivity contribution in [3.8, 4) is 0 Å². The number of anilines is 1. The van der Waals surface area contributed by atoms with Crippen molar-refractivity contribution in [1.29, 1.82) is 0 Å². The minimum absolute atomic E-state index is 0.0380. The molecule has 0 bridgehead atoms. The maximum Gasteiger partial charge on any atom is 0.256 e. The quantitative estimate of drug-likeness (QED) is 0.679. The number of fused-ring (bicyclic) bond motifs is 1. The highest BCUT2D eigenvalue weighted by molar-refractivity contribution is 6.06. The normalized spacial score (nSPS) is 22.0. The van der Waals surface area contributed by atoms with Gasteiger partial charge in [-0.1, -0.05) is 24.3 Å². The number of carbonyl (C=O) groups excluding carboxylic acids is 1. The van der Waals surface area contributed by atoms with E-state index in [1.807, 2.05) is 6.07 Å². The van der Waals surface area contributed by atoms with E-state index in [9.17, 15) is 9.90 Å². The molecule has 1 aliphatic rings. The number of aromatic nitrogens is 4. The Morgan fingerprint density at radius 1 is 1.31 bits per heavy atom. The molecule has 0 aliphatic carbocycles. The fraction of sp³-hybridized carbons (Fsp3) is 0.222. The summed E-state index contributed by atoms with van der Waals surface area (Å²) in [4.78, 5) is 25.1. The molecule has 0 unspecified atom stereocenters. The summed E-state index contributed by atoms with van der Waals surface area (Å²) in [6.45, 7) is 3.66. The van der Waals surface area contributed by atoms with Gasteiger partial charge in [0.2, 0.25) is 0 Å². The Hall–Kier alpha value is -3.10. The van der Waals surface area contributed by atoms with E-state index in [-0.39, 0.29) is 30.8 Å². The highest BCUT2D eigenvalue weighted by Crippen LogP contribution is 2.39. The van der Waals surface area contributed by atoms with E-state index in [0.29, 0.717) is 22.5 Å². The van der Waals surface area contributed by atoms with E-state index in [1.54, 1.807) is 41.2 Å². The van der Waals surface area contributed by atoms with E-state index in [1.165, 1.54) is 6.33 Å². The predicted octanol–water partition coefficient (Wildman–Crippen LogP) is 1.77. The number of nitrogens with one attached hydrogen (secondary N) is 1. The summed E-state index contributed by atoms with van der Waals surface area (Å²) in [6, 6.07) is 8.86. The first-order chi connectivity index (χ1) is 12.7. The molecule has 8 nitrogen and oxygen atoms in total. The molecule has 1 fully saturated rings. The van der Waals surface area contributed by atoms with Crippen LogP contribution in [0.3, 0.4) is 0 Å². The van der Waals surface area contributed by atoms with Gasteiger partial charge in [-0.25, -0.2) is 15.0 Å². The Kier molecular flexibility index (Phi) is 4.19. The van der Waals surface area contributed by atoms with Crippen LogP contribution >= 0.6 is 0 Å². The number of aliphatic hydroxyl groups is 1. The first-order valence-electron chi connectivity index (χ1n) is 8.15. The van der Waals surface area contributed by atoms with Gasteiger partial charge in [0, 0.05) is 5.56 Å². The summed E-state index contributed by atoms with van der Waals surface area (Å²) in [5, 5.41) is 12.3. The molecule has 2 aromatic heterocycles. The van der Waals surface area contributed by atoms with Crippen molar-refractivity contribution >= 4 is 22.9 Å². The molecular formula is C18H17N5O3. The van der Waals surface area contributed by atoms with Gasteiger partial charge >= 0.3 is 0 Å². The highest BCUT2D eigenvalue weighted by Gasteiger charge is 2.42.